The van der Waals surface area contributed by atoms with Crippen molar-refractivity contribution in [2.75, 3.05) is 13.2 Å². The normalized spacial score (nSPS) is 41.8. The molecule has 4 aliphatic carbocycles. The second-order valence-electron chi connectivity index (χ2n) is 14.6. The van der Waals surface area contributed by atoms with Gasteiger partial charge in [0, 0.05) is 28.5 Å². The molecule has 1 N–H and O–H groups in total. The summed E-state index contributed by atoms with van der Waals surface area (Å²) in [5.41, 5.74) is -0.795. The van der Waals surface area contributed by atoms with E-state index in [1.165, 1.54) is 6.92 Å². The average Bonchev–Trinajstić information content (AvgIpc) is 2.97. The van der Waals surface area contributed by atoms with Gasteiger partial charge in [0.1, 0.15) is 6.10 Å². The van der Waals surface area contributed by atoms with E-state index in [2.05, 4.69) is 25.5 Å². The molecule has 0 aliphatic heterocycles. The van der Waals surface area contributed by atoms with E-state index in [1.54, 1.807) is 11.8 Å². The Hall–Kier alpha value is -0.420. The maximum absolute atomic E-state index is 13.0. The first-order chi connectivity index (χ1) is 17.9. The highest BCUT2D eigenvalue weighted by Gasteiger charge is 2.69. The number of thioether (sulfide) groups is 1. The molecule has 8 atom stereocenters. The van der Waals surface area contributed by atoms with Crippen LogP contribution >= 0.6 is 24.0 Å². The van der Waals surface area contributed by atoms with Crippen LogP contribution in [0.1, 0.15) is 107 Å². The Balaban J connectivity index is 1.65. The smallest absolute Gasteiger partial charge is 0.336 e. The quantitative estimate of drug-likeness (QED) is 0.264. The minimum atomic E-state index is -3.93. The molecule has 0 aromatic carbocycles. The number of carbonyl (C=O) groups is 1. The van der Waals surface area contributed by atoms with E-state index in [-0.39, 0.29) is 46.1 Å². The first-order valence-electron chi connectivity index (χ1n) is 14.6. The van der Waals surface area contributed by atoms with Crippen LogP contribution in [0.5, 0.6) is 0 Å². The molecule has 0 unspecified atom stereocenters. The summed E-state index contributed by atoms with van der Waals surface area (Å²) in [5, 5.41) is 0.0970. The number of hydrogen-bond acceptors (Lipinski definition) is 8. The summed E-state index contributed by atoms with van der Waals surface area (Å²) < 4.78 is 46.5. The zero-order valence-corrected chi connectivity index (χ0v) is 27.5. The average molecular weight is 604 g/mol. The van der Waals surface area contributed by atoms with Gasteiger partial charge < -0.3 is 9.47 Å². The number of nitrogens with one attached hydrogen (secondary N) is 1. The molecule has 39 heavy (non-hydrogen) atoms. The van der Waals surface area contributed by atoms with Crippen LogP contribution in [0.15, 0.2) is 0 Å². The molecular weight excluding hydrogens is 555 g/mol. The van der Waals surface area contributed by atoms with Gasteiger partial charge in [0.25, 0.3) is 0 Å². The zero-order chi connectivity index (χ0) is 29.1. The van der Waals surface area contributed by atoms with Crippen molar-refractivity contribution in [3.05, 3.63) is 0 Å². The summed E-state index contributed by atoms with van der Waals surface area (Å²) in [5.74, 6) is 0.600. The topological polar surface area (TPSA) is 90.9 Å². The Morgan fingerprint density at radius 1 is 1.08 bits per heavy atom. The summed E-state index contributed by atoms with van der Waals surface area (Å²) in [6.45, 7) is 16.5. The van der Waals surface area contributed by atoms with Crippen molar-refractivity contribution in [1.29, 1.82) is 0 Å². The molecule has 0 amide bonds. The van der Waals surface area contributed by atoms with Crippen LogP contribution in [-0.2, 0) is 28.8 Å². The van der Waals surface area contributed by atoms with E-state index in [9.17, 15) is 13.2 Å². The van der Waals surface area contributed by atoms with Crippen LogP contribution in [0.4, 0.5) is 0 Å². The standard InChI is InChI=1S/C29H49NO6S3/c1-9-34-24(37)38-23-12-14-27(7)20(28(23,8)18-35-39(32,33)30-25(3,4)5)11-15-29-16-22(36-19(2)31)26(6,17-29)13-10-21(27)29/h20-23,30H,9-18H2,1-8H3/t20-,21-,22+,23-,26+,27+,28-,29+/m0/s1. The molecule has 224 valence electrons. The first-order valence-corrected chi connectivity index (χ1v) is 17.3. The Kier molecular flexibility index (Phi) is 8.64. The van der Waals surface area contributed by atoms with Crippen LogP contribution in [-0.4, -0.2) is 48.9 Å². The molecule has 4 aliphatic rings. The fourth-order valence-corrected chi connectivity index (χ4v) is 12.2. The Morgan fingerprint density at radius 2 is 1.74 bits per heavy atom. The number of thiocarbonyl (C=S) groups is 1. The third-order valence-electron chi connectivity index (χ3n) is 10.6. The van der Waals surface area contributed by atoms with Gasteiger partial charge in [0.05, 0.1) is 13.2 Å². The molecule has 0 aromatic heterocycles. The lowest BCUT2D eigenvalue weighted by Gasteiger charge is -2.66. The van der Waals surface area contributed by atoms with E-state index >= 15 is 0 Å². The molecule has 0 heterocycles. The Bertz CT molecular complexity index is 1080. The predicted molar refractivity (Wildman–Crippen MR) is 160 cm³/mol. The minimum Gasteiger partial charge on any atom is -0.479 e. The van der Waals surface area contributed by atoms with Gasteiger partial charge in [-0.25, -0.2) is 0 Å². The van der Waals surface area contributed by atoms with Gasteiger partial charge in [-0.15, -0.1) is 0 Å². The number of fused-ring (bicyclic) bond motifs is 3. The van der Waals surface area contributed by atoms with E-state index in [4.69, 9.17) is 25.9 Å². The largest absolute Gasteiger partial charge is 0.479 e. The molecular formula is C29H49NO6S3. The van der Waals surface area contributed by atoms with Crippen molar-refractivity contribution in [2.45, 2.75) is 124 Å². The Morgan fingerprint density at radius 3 is 2.36 bits per heavy atom. The molecule has 4 saturated carbocycles. The molecule has 0 radical (unpaired) electrons. The van der Waals surface area contributed by atoms with Gasteiger partial charge in [0.15, 0.2) is 0 Å². The lowest BCUT2D eigenvalue weighted by Crippen LogP contribution is -2.61. The number of carbonyl (C=O) groups excluding carboxylic acids is 1. The van der Waals surface area contributed by atoms with E-state index in [1.807, 2.05) is 27.7 Å². The van der Waals surface area contributed by atoms with Gasteiger partial charge >= 0.3 is 16.3 Å². The highest BCUT2D eigenvalue weighted by molar-refractivity contribution is 8.23. The summed E-state index contributed by atoms with van der Waals surface area (Å²) in [6.07, 6.45) is 8.28. The molecule has 2 bridgehead atoms. The second kappa shape index (κ2) is 10.7. The van der Waals surface area contributed by atoms with Crippen LogP contribution in [0.25, 0.3) is 0 Å². The molecule has 0 aromatic rings. The third kappa shape index (κ3) is 6.06. The number of hydrogen-bond donors (Lipinski definition) is 1. The molecule has 7 nitrogen and oxygen atoms in total. The van der Waals surface area contributed by atoms with Gasteiger partial charge in [-0.1, -0.05) is 32.5 Å². The zero-order valence-electron chi connectivity index (χ0n) is 25.1. The molecule has 4 fully saturated rings. The lowest BCUT2D eigenvalue weighted by molar-refractivity contribution is -0.158. The lowest BCUT2D eigenvalue weighted by atomic mass is 9.40. The van der Waals surface area contributed by atoms with Crippen molar-refractivity contribution < 1.29 is 26.9 Å². The number of rotatable bonds is 7. The van der Waals surface area contributed by atoms with Crippen LogP contribution in [0, 0.1) is 33.5 Å². The highest BCUT2D eigenvalue weighted by atomic mass is 32.2. The second-order valence-corrected chi connectivity index (χ2v) is 17.7. The Labute approximate surface area is 245 Å². The van der Waals surface area contributed by atoms with Crippen LogP contribution in [0.3, 0.4) is 0 Å². The summed E-state index contributed by atoms with van der Waals surface area (Å²) in [7, 11) is -3.93. The van der Waals surface area contributed by atoms with E-state index in [0.29, 0.717) is 16.9 Å². The fourth-order valence-electron chi connectivity index (χ4n) is 9.38. The third-order valence-corrected chi connectivity index (χ3v) is 13.7. The van der Waals surface area contributed by atoms with Crippen molar-refractivity contribution >= 4 is 44.6 Å². The summed E-state index contributed by atoms with van der Waals surface area (Å²) >= 11 is 7.14. The maximum atomic E-state index is 13.0. The van der Waals surface area contributed by atoms with E-state index in [0.717, 1.165) is 51.4 Å². The van der Waals surface area contributed by atoms with E-state index < -0.39 is 21.3 Å². The molecule has 4 rings (SSSR count). The van der Waals surface area contributed by atoms with Crippen molar-refractivity contribution in [2.24, 2.45) is 33.5 Å². The molecule has 10 heteroatoms. The van der Waals surface area contributed by atoms with Crippen molar-refractivity contribution in [3.8, 4) is 0 Å². The first kappa shape index (κ1) is 31.5. The monoisotopic (exact) mass is 603 g/mol. The molecule has 1 spiro atoms. The van der Waals surface area contributed by atoms with Gasteiger partial charge in [-0.3, -0.25) is 8.98 Å². The summed E-state index contributed by atoms with van der Waals surface area (Å²) in [6, 6.07) is 0. The van der Waals surface area contributed by atoms with Gasteiger partial charge in [0.2, 0.25) is 4.38 Å². The van der Waals surface area contributed by atoms with Crippen LogP contribution < -0.4 is 4.72 Å². The number of esters is 1. The minimum absolute atomic E-state index is 0.0149. The van der Waals surface area contributed by atoms with Crippen molar-refractivity contribution in [3.63, 3.8) is 0 Å². The predicted octanol–water partition coefficient (Wildman–Crippen LogP) is 6.40. The van der Waals surface area contributed by atoms with Gasteiger partial charge in [-0.05, 0) is 114 Å². The van der Waals surface area contributed by atoms with Gasteiger partial charge in [-0.2, -0.15) is 13.1 Å². The number of ether oxygens (including phenoxy) is 2. The fraction of sp³-hybridized carbons (Fsp3) is 0.931. The van der Waals surface area contributed by atoms with Crippen molar-refractivity contribution in [1.82, 2.24) is 4.72 Å². The SMILES string of the molecule is CCOC(=S)S[C@H]1CC[C@]2(C)[C@H](CC[C@]34C[C@@H](OC(C)=O)[C@](C)(CC[C@H]32)C4)[C@]1(C)COS(=O)(=O)NC(C)(C)C. The highest BCUT2D eigenvalue weighted by Crippen LogP contribution is 2.74. The maximum Gasteiger partial charge on any atom is 0.336 e. The summed E-state index contributed by atoms with van der Waals surface area (Å²) in [4.78, 5) is 12.0. The molecule has 0 saturated heterocycles. The van der Waals surface area contributed by atoms with Crippen LogP contribution in [0.2, 0.25) is 0 Å².